The molecule has 2 aromatic rings. The third-order valence-electron chi connectivity index (χ3n) is 6.06. The third-order valence-corrected chi connectivity index (χ3v) is 6.80. The molecule has 1 fully saturated rings. The second-order valence-electron chi connectivity index (χ2n) is 7.45. The summed E-state index contributed by atoms with van der Waals surface area (Å²) in [5.41, 5.74) is 2.56. The molecule has 1 heterocycles. The fourth-order valence-corrected chi connectivity index (χ4v) is 4.77. The van der Waals surface area contributed by atoms with Crippen molar-refractivity contribution in [2.45, 2.75) is 39.3 Å². The van der Waals surface area contributed by atoms with E-state index in [0.29, 0.717) is 10.0 Å². The van der Waals surface area contributed by atoms with Crippen molar-refractivity contribution in [3.8, 4) is 0 Å². The first-order chi connectivity index (χ1) is 13.5. The zero-order valence-electron chi connectivity index (χ0n) is 17.2. The summed E-state index contributed by atoms with van der Waals surface area (Å²) in [6, 6.07) is 17.0. The van der Waals surface area contributed by atoms with E-state index in [2.05, 4.69) is 72.1 Å². The molecule has 0 saturated carbocycles. The maximum atomic E-state index is 6.29. The van der Waals surface area contributed by atoms with Gasteiger partial charge in [-0.15, -0.1) is 0 Å². The van der Waals surface area contributed by atoms with E-state index < -0.39 is 0 Å². The highest BCUT2D eigenvalue weighted by molar-refractivity contribution is 6.42. The van der Waals surface area contributed by atoms with Crippen LogP contribution in [0.15, 0.2) is 48.5 Å². The minimum atomic E-state index is -0.0335. The number of halogens is 2. The molecule has 1 unspecified atom stereocenters. The molecule has 5 heteroatoms. The van der Waals surface area contributed by atoms with Crippen molar-refractivity contribution in [1.82, 2.24) is 14.9 Å². The van der Waals surface area contributed by atoms with E-state index in [1.807, 2.05) is 12.1 Å². The lowest BCUT2D eigenvalue weighted by molar-refractivity contribution is -0.114. The number of hydrogen-bond donors (Lipinski definition) is 0. The summed E-state index contributed by atoms with van der Waals surface area (Å²) >= 11 is 12.4. The molecule has 3 rings (SSSR count). The van der Waals surface area contributed by atoms with E-state index in [1.54, 1.807) is 0 Å². The quantitative estimate of drug-likeness (QED) is 0.571. The summed E-state index contributed by atoms with van der Waals surface area (Å²) < 4.78 is 0. The van der Waals surface area contributed by atoms with E-state index in [0.717, 1.165) is 45.7 Å². The highest BCUT2D eigenvalue weighted by Gasteiger charge is 2.42. The zero-order valence-corrected chi connectivity index (χ0v) is 18.7. The lowest BCUT2D eigenvalue weighted by Gasteiger charge is -2.53. The van der Waals surface area contributed by atoms with Gasteiger partial charge in [-0.2, -0.15) is 0 Å². The Morgan fingerprint density at radius 1 is 0.929 bits per heavy atom. The van der Waals surface area contributed by atoms with Gasteiger partial charge in [0.05, 0.1) is 15.6 Å². The molecule has 2 aromatic carbocycles. The molecule has 1 aliphatic heterocycles. The van der Waals surface area contributed by atoms with Crippen LogP contribution in [0.2, 0.25) is 10.0 Å². The first-order valence-corrected chi connectivity index (χ1v) is 11.0. The topological polar surface area (TPSA) is 9.72 Å². The van der Waals surface area contributed by atoms with E-state index in [-0.39, 0.29) is 5.54 Å². The van der Waals surface area contributed by atoms with Crippen molar-refractivity contribution in [1.29, 1.82) is 0 Å². The smallest absolute Gasteiger partial charge is 0.0603 e. The number of piperazine rings is 1. The van der Waals surface area contributed by atoms with Crippen LogP contribution in [0.4, 0.5) is 0 Å². The molecule has 0 aromatic heterocycles. The predicted molar refractivity (Wildman–Crippen MR) is 120 cm³/mol. The minimum Gasteiger partial charge on any atom is -0.287 e. The third kappa shape index (κ3) is 4.39. The lowest BCUT2D eigenvalue weighted by atomic mass is 9.83. The molecule has 0 amide bonds. The van der Waals surface area contributed by atoms with Crippen LogP contribution in [0.1, 0.15) is 38.3 Å². The second kappa shape index (κ2) is 9.60. The van der Waals surface area contributed by atoms with Gasteiger partial charge < -0.3 is 0 Å². The summed E-state index contributed by atoms with van der Waals surface area (Å²) in [5.74, 6) is 0. The summed E-state index contributed by atoms with van der Waals surface area (Å²) in [5, 5.41) is 6.25. The predicted octanol–water partition coefficient (Wildman–Crippen LogP) is 5.67. The molecule has 28 heavy (non-hydrogen) atoms. The number of rotatable bonds is 7. The normalized spacial score (nSPS) is 21.4. The van der Waals surface area contributed by atoms with Crippen molar-refractivity contribution >= 4 is 23.2 Å². The van der Waals surface area contributed by atoms with Gasteiger partial charge in [-0.1, -0.05) is 80.4 Å². The molecule has 1 aliphatic rings. The molecular weight excluding hydrogens is 389 g/mol. The van der Waals surface area contributed by atoms with Gasteiger partial charge in [0.1, 0.15) is 0 Å². The van der Waals surface area contributed by atoms with Crippen molar-refractivity contribution in [2.24, 2.45) is 0 Å². The fraction of sp³-hybridized carbons (Fsp3) is 0.478. The van der Waals surface area contributed by atoms with Gasteiger partial charge in [-0.25, -0.2) is 10.0 Å². The minimum absolute atomic E-state index is 0.0335. The number of benzene rings is 2. The summed E-state index contributed by atoms with van der Waals surface area (Å²) in [6.07, 6.45) is 1.05. The zero-order chi connectivity index (χ0) is 20.1. The lowest BCUT2D eigenvalue weighted by Crippen LogP contribution is -2.63. The Labute approximate surface area is 179 Å². The molecule has 1 saturated heterocycles. The van der Waals surface area contributed by atoms with Crippen molar-refractivity contribution in [3.63, 3.8) is 0 Å². The number of hydrogen-bond acceptors (Lipinski definition) is 3. The highest BCUT2D eigenvalue weighted by Crippen LogP contribution is 2.38. The monoisotopic (exact) mass is 419 g/mol. The highest BCUT2D eigenvalue weighted by atomic mass is 35.5. The average molecular weight is 420 g/mol. The van der Waals surface area contributed by atoms with Gasteiger partial charge in [-0.3, -0.25) is 4.90 Å². The van der Waals surface area contributed by atoms with Crippen LogP contribution in [0, 0.1) is 0 Å². The SMILES string of the molecule is CCN(CC)N1CCN(Cc2ccc(Cl)c(Cl)c2)C(CC)(c2ccccc2)C1. The van der Waals surface area contributed by atoms with Crippen LogP contribution in [0.5, 0.6) is 0 Å². The maximum absolute atomic E-state index is 6.29. The van der Waals surface area contributed by atoms with Gasteiger partial charge >= 0.3 is 0 Å². The standard InChI is InChI=1S/C23H31Cl2N3/c1-4-23(20-10-8-7-9-11-20)18-28(27(5-2)6-3)15-14-26(23)17-19-12-13-21(24)22(25)16-19/h7-13,16H,4-6,14-15,17-18H2,1-3H3. The van der Waals surface area contributed by atoms with Gasteiger partial charge in [-0.05, 0) is 29.7 Å². The first-order valence-electron chi connectivity index (χ1n) is 10.3. The maximum Gasteiger partial charge on any atom is 0.0603 e. The Hall–Kier alpha value is -1.10. The summed E-state index contributed by atoms with van der Waals surface area (Å²) in [6.45, 7) is 12.8. The van der Waals surface area contributed by atoms with Gasteiger partial charge in [0, 0.05) is 39.3 Å². The van der Waals surface area contributed by atoms with E-state index >= 15 is 0 Å². The molecule has 0 bridgehead atoms. The van der Waals surface area contributed by atoms with Crippen molar-refractivity contribution in [3.05, 3.63) is 69.7 Å². The molecular formula is C23H31Cl2N3. The average Bonchev–Trinajstić information content (AvgIpc) is 2.73. The van der Waals surface area contributed by atoms with Crippen molar-refractivity contribution in [2.75, 3.05) is 32.7 Å². The van der Waals surface area contributed by atoms with Gasteiger partial charge in [0.25, 0.3) is 0 Å². The Bertz CT molecular complexity index is 764. The van der Waals surface area contributed by atoms with Gasteiger partial charge in [0.15, 0.2) is 0 Å². The molecule has 3 nitrogen and oxygen atoms in total. The second-order valence-corrected chi connectivity index (χ2v) is 8.26. The number of nitrogens with zero attached hydrogens (tertiary/aromatic N) is 3. The van der Waals surface area contributed by atoms with Crippen LogP contribution < -0.4 is 0 Å². The van der Waals surface area contributed by atoms with E-state index in [1.165, 1.54) is 11.1 Å². The first kappa shape index (κ1) is 21.6. The summed E-state index contributed by atoms with van der Waals surface area (Å²) in [4.78, 5) is 2.63. The van der Waals surface area contributed by atoms with Crippen LogP contribution in [0.3, 0.4) is 0 Å². The van der Waals surface area contributed by atoms with Crippen molar-refractivity contribution < 1.29 is 0 Å². The van der Waals surface area contributed by atoms with Crippen LogP contribution in [-0.4, -0.2) is 47.6 Å². The molecule has 0 spiro atoms. The van der Waals surface area contributed by atoms with Crippen LogP contribution in [-0.2, 0) is 12.1 Å². The van der Waals surface area contributed by atoms with E-state index in [9.17, 15) is 0 Å². The molecule has 0 aliphatic carbocycles. The summed E-state index contributed by atoms with van der Waals surface area (Å²) in [7, 11) is 0. The van der Waals surface area contributed by atoms with Gasteiger partial charge in [0.2, 0.25) is 0 Å². The Kier molecular flexibility index (Phi) is 7.41. The number of hydrazine groups is 1. The molecule has 152 valence electrons. The van der Waals surface area contributed by atoms with Crippen LogP contribution >= 0.6 is 23.2 Å². The Morgan fingerprint density at radius 2 is 1.64 bits per heavy atom. The largest absolute Gasteiger partial charge is 0.287 e. The molecule has 0 N–H and O–H groups in total. The van der Waals surface area contributed by atoms with Crippen LogP contribution in [0.25, 0.3) is 0 Å². The van der Waals surface area contributed by atoms with E-state index in [4.69, 9.17) is 23.2 Å². The Balaban J connectivity index is 1.96. The molecule has 1 atom stereocenters. The Morgan fingerprint density at radius 3 is 2.25 bits per heavy atom. The fourth-order valence-electron chi connectivity index (χ4n) is 4.45. The molecule has 0 radical (unpaired) electrons.